The summed E-state index contributed by atoms with van der Waals surface area (Å²) in [7, 11) is -4.23. The van der Waals surface area contributed by atoms with Crippen LogP contribution in [-0.4, -0.2) is 29.4 Å². The van der Waals surface area contributed by atoms with Gasteiger partial charge in [-0.2, -0.15) is 0 Å². The van der Waals surface area contributed by atoms with Crippen LogP contribution < -0.4 is 51.4 Å². The predicted octanol–water partition coefficient (Wildman–Crippen LogP) is -2.13. The third-order valence-electron chi connectivity index (χ3n) is 1.99. The standard InChI is InChI=1S/C8H18O4S.K/c1-3-4-5-8(9)6-7(2)13(10,11)12;/h7-9H,3-6H2,1-2H3,(H,10,11,12);/q;+1/p-1. The number of hydrogen-bond acceptors (Lipinski definition) is 4. The van der Waals surface area contributed by atoms with Crippen molar-refractivity contribution in [3.05, 3.63) is 0 Å². The van der Waals surface area contributed by atoms with Crippen LogP contribution in [0.4, 0.5) is 0 Å². The molecule has 0 aliphatic rings. The Morgan fingerprint density at radius 2 is 1.93 bits per heavy atom. The monoisotopic (exact) mass is 248 g/mol. The van der Waals surface area contributed by atoms with Gasteiger partial charge < -0.3 is 9.66 Å². The molecule has 0 aromatic heterocycles. The molecule has 0 aliphatic heterocycles. The van der Waals surface area contributed by atoms with E-state index in [0.717, 1.165) is 12.8 Å². The molecular formula is C8H17KO4S. The normalized spacial score (nSPS) is 15.7. The Bertz CT molecular complexity index is 227. The fraction of sp³-hybridized carbons (Fsp3) is 1.00. The fourth-order valence-corrected chi connectivity index (χ4v) is 1.52. The minimum Gasteiger partial charge on any atom is -0.748 e. The number of aliphatic hydroxyl groups excluding tert-OH is 1. The Morgan fingerprint density at radius 3 is 2.29 bits per heavy atom. The van der Waals surface area contributed by atoms with Crippen LogP contribution in [0.3, 0.4) is 0 Å². The quantitative estimate of drug-likeness (QED) is 0.430. The zero-order valence-electron chi connectivity index (χ0n) is 9.06. The molecule has 4 nitrogen and oxygen atoms in total. The average molecular weight is 248 g/mol. The largest absolute Gasteiger partial charge is 1.00 e. The van der Waals surface area contributed by atoms with E-state index in [0.29, 0.717) is 6.42 Å². The Kier molecular flexibility index (Phi) is 11.0. The number of rotatable bonds is 6. The van der Waals surface area contributed by atoms with E-state index in [4.69, 9.17) is 0 Å². The van der Waals surface area contributed by atoms with Gasteiger partial charge >= 0.3 is 51.4 Å². The zero-order chi connectivity index (χ0) is 10.5. The van der Waals surface area contributed by atoms with E-state index >= 15 is 0 Å². The second-order valence-electron chi connectivity index (χ2n) is 3.34. The molecule has 2 unspecified atom stereocenters. The molecule has 0 aromatic carbocycles. The second-order valence-corrected chi connectivity index (χ2v) is 5.13. The number of aliphatic hydroxyl groups is 1. The average Bonchev–Trinajstić information content (AvgIpc) is 1.99. The second kappa shape index (κ2) is 8.63. The summed E-state index contributed by atoms with van der Waals surface area (Å²) in [6, 6.07) is 0. The molecule has 0 aromatic rings. The van der Waals surface area contributed by atoms with Crippen molar-refractivity contribution in [2.75, 3.05) is 0 Å². The summed E-state index contributed by atoms with van der Waals surface area (Å²) in [6.07, 6.45) is 1.75. The summed E-state index contributed by atoms with van der Waals surface area (Å²) >= 11 is 0. The van der Waals surface area contributed by atoms with Crippen molar-refractivity contribution in [1.82, 2.24) is 0 Å². The molecule has 0 amide bonds. The summed E-state index contributed by atoms with van der Waals surface area (Å²) in [5.41, 5.74) is 0. The van der Waals surface area contributed by atoms with Gasteiger partial charge in [0.1, 0.15) is 0 Å². The van der Waals surface area contributed by atoms with Crippen LogP contribution in [0.1, 0.15) is 39.5 Å². The van der Waals surface area contributed by atoms with Crippen molar-refractivity contribution in [2.24, 2.45) is 0 Å². The maximum absolute atomic E-state index is 10.5. The molecule has 0 saturated heterocycles. The third-order valence-corrected chi connectivity index (χ3v) is 3.17. The van der Waals surface area contributed by atoms with Crippen LogP contribution in [0, 0.1) is 0 Å². The summed E-state index contributed by atoms with van der Waals surface area (Å²) in [5.74, 6) is 0. The molecule has 0 aliphatic carbocycles. The maximum atomic E-state index is 10.5. The molecule has 0 spiro atoms. The minimum absolute atomic E-state index is 0. The first-order valence-electron chi connectivity index (χ1n) is 4.50. The Morgan fingerprint density at radius 1 is 1.43 bits per heavy atom. The van der Waals surface area contributed by atoms with Crippen LogP contribution in [-0.2, 0) is 10.1 Å². The topological polar surface area (TPSA) is 77.4 Å². The van der Waals surface area contributed by atoms with Crippen molar-refractivity contribution in [3.63, 3.8) is 0 Å². The van der Waals surface area contributed by atoms with Gasteiger partial charge in [0.05, 0.1) is 16.2 Å². The first kappa shape index (κ1) is 17.9. The summed E-state index contributed by atoms with van der Waals surface area (Å²) in [4.78, 5) is 0. The third kappa shape index (κ3) is 8.79. The summed E-state index contributed by atoms with van der Waals surface area (Å²) in [5, 5.41) is 8.32. The smallest absolute Gasteiger partial charge is 0.748 e. The molecule has 6 heteroatoms. The van der Waals surface area contributed by atoms with E-state index in [1.807, 2.05) is 6.92 Å². The molecule has 0 saturated carbocycles. The van der Waals surface area contributed by atoms with E-state index < -0.39 is 21.5 Å². The van der Waals surface area contributed by atoms with E-state index in [9.17, 15) is 18.1 Å². The van der Waals surface area contributed by atoms with Crippen molar-refractivity contribution in [2.45, 2.75) is 50.9 Å². The molecule has 0 fully saturated rings. The minimum atomic E-state index is -4.23. The van der Waals surface area contributed by atoms with Gasteiger partial charge in [0.15, 0.2) is 0 Å². The molecule has 80 valence electrons. The molecule has 14 heavy (non-hydrogen) atoms. The van der Waals surface area contributed by atoms with Gasteiger partial charge in [-0.05, 0) is 19.8 Å². The number of unbranched alkanes of at least 4 members (excludes halogenated alkanes) is 1. The van der Waals surface area contributed by atoms with Crippen LogP contribution in [0.25, 0.3) is 0 Å². The van der Waals surface area contributed by atoms with Crippen molar-refractivity contribution >= 4 is 10.1 Å². The molecule has 0 radical (unpaired) electrons. The van der Waals surface area contributed by atoms with E-state index in [1.165, 1.54) is 6.92 Å². The van der Waals surface area contributed by atoms with Gasteiger partial charge in [-0.3, -0.25) is 0 Å². The zero-order valence-corrected chi connectivity index (χ0v) is 13.0. The fourth-order valence-electron chi connectivity index (χ4n) is 1.06. The van der Waals surface area contributed by atoms with E-state index in [1.54, 1.807) is 0 Å². The first-order valence-corrected chi connectivity index (χ1v) is 5.97. The molecular weight excluding hydrogens is 231 g/mol. The van der Waals surface area contributed by atoms with Crippen LogP contribution in [0.15, 0.2) is 0 Å². The maximum Gasteiger partial charge on any atom is 1.00 e. The molecule has 2 atom stereocenters. The molecule has 1 N–H and O–H groups in total. The Labute approximate surface area is 129 Å². The Hall–Kier alpha value is 1.51. The van der Waals surface area contributed by atoms with Gasteiger partial charge in [0, 0.05) is 5.25 Å². The van der Waals surface area contributed by atoms with E-state index in [-0.39, 0.29) is 57.8 Å². The van der Waals surface area contributed by atoms with Crippen LogP contribution >= 0.6 is 0 Å². The SMILES string of the molecule is CCCCC(O)CC(C)S(=O)(=O)[O-].[K+]. The van der Waals surface area contributed by atoms with Gasteiger partial charge in [-0.15, -0.1) is 0 Å². The van der Waals surface area contributed by atoms with Crippen LogP contribution in [0.5, 0.6) is 0 Å². The summed E-state index contributed by atoms with van der Waals surface area (Å²) in [6.45, 7) is 3.32. The molecule has 0 bridgehead atoms. The predicted molar refractivity (Wildman–Crippen MR) is 49.3 cm³/mol. The molecule has 0 rings (SSSR count). The van der Waals surface area contributed by atoms with Gasteiger partial charge in [-0.25, -0.2) is 8.42 Å². The van der Waals surface area contributed by atoms with Crippen molar-refractivity contribution in [3.8, 4) is 0 Å². The Balaban J connectivity index is 0. The van der Waals surface area contributed by atoms with E-state index in [2.05, 4.69) is 0 Å². The van der Waals surface area contributed by atoms with Crippen molar-refractivity contribution in [1.29, 1.82) is 0 Å². The van der Waals surface area contributed by atoms with Gasteiger partial charge in [0.25, 0.3) is 0 Å². The molecule has 0 heterocycles. The van der Waals surface area contributed by atoms with Gasteiger partial charge in [-0.1, -0.05) is 19.8 Å². The first-order chi connectivity index (χ1) is 5.88. The summed E-state index contributed by atoms with van der Waals surface area (Å²) < 4.78 is 31.4. The number of hydrogen-bond donors (Lipinski definition) is 1. The van der Waals surface area contributed by atoms with Crippen LogP contribution in [0.2, 0.25) is 0 Å². The van der Waals surface area contributed by atoms with Crippen molar-refractivity contribution < 1.29 is 69.5 Å². The van der Waals surface area contributed by atoms with Gasteiger partial charge in [0.2, 0.25) is 0 Å².